The van der Waals surface area contributed by atoms with Gasteiger partial charge in [-0.1, -0.05) is 46.9 Å². The molecule has 0 saturated carbocycles. The normalized spacial score (nSPS) is 33.7. The fraction of sp³-hybridized carbons (Fsp3) is 0.533. The van der Waals surface area contributed by atoms with Gasteiger partial charge in [0.25, 0.3) is 0 Å². The number of ether oxygens (including phenoxy) is 3. The summed E-state index contributed by atoms with van der Waals surface area (Å²) in [6.45, 7) is -0.0522. The summed E-state index contributed by atoms with van der Waals surface area (Å²) in [5.74, 6) is 0.0759. The number of aromatic hydroxyl groups is 1. The largest absolute Gasteiger partial charge is 0.507 e. The van der Waals surface area contributed by atoms with Crippen LogP contribution in [0.25, 0.3) is 0 Å². The molecule has 1 aromatic rings. The monoisotopic (exact) mass is 411 g/mol. The summed E-state index contributed by atoms with van der Waals surface area (Å²) in [4.78, 5) is 4.06. The Morgan fingerprint density at radius 3 is 2.56 bits per heavy atom. The number of alkyl halides is 3. The summed E-state index contributed by atoms with van der Waals surface area (Å²) in [5, 5.41) is 30.1. The summed E-state index contributed by atoms with van der Waals surface area (Å²) in [5.41, 5.74) is 0.511. The average Bonchev–Trinajstić information content (AvgIpc) is 3.09. The van der Waals surface area contributed by atoms with Crippen molar-refractivity contribution in [3.8, 4) is 5.75 Å². The first-order valence-corrected chi connectivity index (χ1v) is 8.58. The van der Waals surface area contributed by atoms with Gasteiger partial charge in [-0.25, -0.2) is 0 Å². The Hall–Kier alpha value is -0.640. The predicted molar refractivity (Wildman–Crippen MR) is 91.3 cm³/mol. The van der Waals surface area contributed by atoms with E-state index in [2.05, 4.69) is 4.99 Å². The van der Waals surface area contributed by atoms with Crippen LogP contribution in [0.4, 0.5) is 0 Å². The van der Waals surface area contributed by atoms with Crippen molar-refractivity contribution in [1.29, 1.82) is 0 Å². The van der Waals surface area contributed by atoms with Gasteiger partial charge >= 0.3 is 0 Å². The zero-order chi connectivity index (χ0) is 18.2. The molecule has 2 unspecified atom stereocenters. The molecule has 25 heavy (non-hydrogen) atoms. The van der Waals surface area contributed by atoms with Crippen LogP contribution in [-0.4, -0.2) is 68.9 Å². The number of aliphatic imine (C=N–C) groups is 1. The van der Waals surface area contributed by atoms with Gasteiger partial charge in [-0.3, -0.25) is 4.99 Å². The Kier molecular flexibility index (Phi) is 5.77. The Balaban J connectivity index is 1.56. The molecule has 2 aliphatic rings. The van der Waals surface area contributed by atoms with Gasteiger partial charge in [0.15, 0.2) is 6.29 Å². The van der Waals surface area contributed by atoms with Gasteiger partial charge in [0, 0.05) is 11.8 Å². The zero-order valence-electron chi connectivity index (χ0n) is 12.7. The lowest BCUT2D eigenvalue weighted by Gasteiger charge is -2.24. The number of benzene rings is 1. The molecule has 6 atom stereocenters. The van der Waals surface area contributed by atoms with Crippen LogP contribution >= 0.6 is 34.8 Å². The number of phenols is 1. The maximum atomic E-state index is 10.3. The fourth-order valence-electron chi connectivity index (χ4n) is 2.64. The van der Waals surface area contributed by atoms with Gasteiger partial charge in [0.05, 0.1) is 6.54 Å². The molecule has 2 saturated heterocycles. The van der Waals surface area contributed by atoms with E-state index < -0.39 is 40.8 Å². The van der Waals surface area contributed by atoms with E-state index in [-0.39, 0.29) is 12.3 Å². The summed E-state index contributed by atoms with van der Waals surface area (Å²) in [7, 11) is 0. The van der Waals surface area contributed by atoms with E-state index in [1.807, 2.05) is 0 Å². The van der Waals surface area contributed by atoms with Gasteiger partial charge < -0.3 is 29.5 Å². The number of hydrogen-bond donors (Lipinski definition) is 3. The fourth-order valence-corrected chi connectivity index (χ4v) is 2.95. The zero-order valence-corrected chi connectivity index (χ0v) is 15.0. The molecule has 1 aromatic carbocycles. The lowest BCUT2D eigenvalue weighted by Crippen LogP contribution is -2.42. The van der Waals surface area contributed by atoms with Crippen molar-refractivity contribution in [3.05, 3.63) is 29.8 Å². The number of nitrogens with zero attached hydrogens (tertiary/aromatic N) is 1. The second kappa shape index (κ2) is 7.54. The number of aliphatic hydroxyl groups excluding tert-OH is 2. The van der Waals surface area contributed by atoms with Gasteiger partial charge in [0.1, 0.15) is 30.2 Å². The van der Waals surface area contributed by atoms with Crippen molar-refractivity contribution in [2.75, 3.05) is 6.54 Å². The van der Waals surface area contributed by atoms with E-state index in [1.165, 1.54) is 12.3 Å². The molecule has 10 heteroatoms. The van der Waals surface area contributed by atoms with Gasteiger partial charge in [-0.05, 0) is 12.1 Å². The smallest absolute Gasteiger partial charge is 0.241 e. The summed E-state index contributed by atoms with van der Waals surface area (Å²) in [6, 6.07) is 6.64. The molecule has 0 radical (unpaired) electrons. The molecule has 0 aliphatic carbocycles. The lowest BCUT2D eigenvalue weighted by molar-refractivity contribution is -0.183. The molecule has 0 bridgehead atoms. The van der Waals surface area contributed by atoms with Crippen LogP contribution in [0, 0.1) is 0 Å². The molecular formula is C15H16Cl3NO6. The van der Waals surface area contributed by atoms with Gasteiger partial charge in [0.2, 0.25) is 10.1 Å². The molecule has 2 aliphatic heterocycles. The second-order valence-corrected chi connectivity index (χ2v) is 8.06. The maximum absolute atomic E-state index is 10.3. The van der Waals surface area contributed by atoms with Crippen LogP contribution in [0.2, 0.25) is 0 Å². The van der Waals surface area contributed by atoms with Crippen molar-refractivity contribution in [1.82, 2.24) is 0 Å². The SMILES string of the molecule is Oc1ccccc1C=NCC(O)[C@H]1O[C@H]2OC(C(Cl)(Cl)Cl)O[C@@H]2[C@H]1O. The van der Waals surface area contributed by atoms with Crippen LogP contribution < -0.4 is 0 Å². The highest BCUT2D eigenvalue weighted by molar-refractivity contribution is 6.67. The van der Waals surface area contributed by atoms with E-state index in [9.17, 15) is 15.3 Å². The van der Waals surface area contributed by atoms with Crippen LogP contribution in [0.3, 0.4) is 0 Å². The number of aliphatic hydroxyl groups is 2. The van der Waals surface area contributed by atoms with Crippen molar-refractivity contribution in [3.63, 3.8) is 0 Å². The molecule has 3 N–H and O–H groups in total. The van der Waals surface area contributed by atoms with Crippen LogP contribution in [0.15, 0.2) is 29.3 Å². The minimum Gasteiger partial charge on any atom is -0.507 e. The molecule has 138 valence electrons. The highest BCUT2D eigenvalue weighted by Gasteiger charge is 2.57. The first kappa shape index (κ1) is 19.1. The third-order valence-electron chi connectivity index (χ3n) is 3.88. The van der Waals surface area contributed by atoms with E-state index in [4.69, 9.17) is 49.0 Å². The first-order chi connectivity index (χ1) is 11.8. The number of para-hydroxylation sites is 1. The van der Waals surface area contributed by atoms with Gasteiger partial charge in [-0.2, -0.15) is 0 Å². The number of halogens is 3. The summed E-state index contributed by atoms with van der Waals surface area (Å²) in [6.07, 6.45) is -4.81. The number of hydrogen-bond acceptors (Lipinski definition) is 7. The third kappa shape index (κ3) is 4.20. The Morgan fingerprint density at radius 2 is 1.92 bits per heavy atom. The molecule has 0 aromatic heterocycles. The summed E-state index contributed by atoms with van der Waals surface area (Å²) >= 11 is 17.1. The third-order valence-corrected chi connectivity index (χ3v) is 4.41. The van der Waals surface area contributed by atoms with E-state index >= 15 is 0 Å². The molecule has 2 heterocycles. The molecule has 3 rings (SSSR count). The minimum atomic E-state index is -1.82. The molecule has 0 spiro atoms. The lowest BCUT2D eigenvalue weighted by atomic mass is 10.1. The van der Waals surface area contributed by atoms with Crippen LogP contribution in [0.1, 0.15) is 5.56 Å². The average molecular weight is 413 g/mol. The van der Waals surface area contributed by atoms with Crippen LogP contribution in [0.5, 0.6) is 5.75 Å². The quantitative estimate of drug-likeness (QED) is 0.510. The highest BCUT2D eigenvalue weighted by Crippen LogP contribution is 2.42. The predicted octanol–water partition coefficient (Wildman–Crippen LogP) is 1.37. The van der Waals surface area contributed by atoms with Crippen molar-refractivity contribution >= 4 is 41.0 Å². The van der Waals surface area contributed by atoms with E-state index in [0.29, 0.717) is 5.56 Å². The van der Waals surface area contributed by atoms with E-state index in [0.717, 1.165) is 0 Å². The first-order valence-electron chi connectivity index (χ1n) is 7.44. The molecule has 7 nitrogen and oxygen atoms in total. The van der Waals surface area contributed by atoms with Gasteiger partial charge in [-0.15, -0.1) is 0 Å². The molecule has 0 amide bonds. The highest BCUT2D eigenvalue weighted by atomic mass is 35.6. The summed E-state index contributed by atoms with van der Waals surface area (Å²) < 4.78 is 14.3. The number of fused-ring (bicyclic) bond motifs is 1. The van der Waals surface area contributed by atoms with Crippen LogP contribution in [-0.2, 0) is 14.2 Å². The molecule has 2 fully saturated rings. The Bertz CT molecular complexity index is 640. The molecular weight excluding hydrogens is 397 g/mol. The number of phenolic OH excluding ortho intramolecular Hbond substituents is 1. The second-order valence-electron chi connectivity index (χ2n) is 5.69. The minimum absolute atomic E-state index is 0.0522. The maximum Gasteiger partial charge on any atom is 0.241 e. The number of rotatable bonds is 4. The van der Waals surface area contributed by atoms with Crippen molar-refractivity contribution < 1.29 is 29.5 Å². The Morgan fingerprint density at radius 1 is 1.20 bits per heavy atom. The van der Waals surface area contributed by atoms with Crippen molar-refractivity contribution in [2.24, 2.45) is 4.99 Å². The van der Waals surface area contributed by atoms with Crippen molar-refractivity contribution in [2.45, 2.75) is 40.8 Å². The van der Waals surface area contributed by atoms with E-state index in [1.54, 1.807) is 18.2 Å². The Labute approximate surface area is 158 Å². The topological polar surface area (TPSA) is 101 Å². The standard InChI is InChI=1S/C15H16Cl3NO6/c16-15(17,18)14-24-12-10(22)11(23-13(12)25-14)9(21)6-19-5-7-3-1-2-4-8(7)20/h1-5,9-14,20-22H,6H2/t9?,10-,11+,12+,13-,14?/m0/s1.